The lowest BCUT2D eigenvalue weighted by Crippen LogP contribution is -2.48. The van der Waals surface area contributed by atoms with Crippen LogP contribution < -0.4 is 5.73 Å². The Morgan fingerprint density at radius 1 is 1.14 bits per heavy atom. The van der Waals surface area contributed by atoms with Gasteiger partial charge >= 0.3 is 0 Å². The van der Waals surface area contributed by atoms with Gasteiger partial charge in [0.2, 0.25) is 5.91 Å². The standard InChI is InChI=1S/C17H21N3OS/c18-15-4-1-3-14(11-15)12-17(21)20-8-6-19(7-9-20)13-16-5-2-10-22-16/h1-5,10-11H,6-9,12-13,18H2. The molecule has 2 aromatic rings. The van der Waals surface area contributed by atoms with Gasteiger partial charge in [0.25, 0.3) is 0 Å². The number of hydrogen-bond acceptors (Lipinski definition) is 4. The molecule has 0 aliphatic carbocycles. The first-order chi connectivity index (χ1) is 10.7. The zero-order chi connectivity index (χ0) is 15.4. The highest BCUT2D eigenvalue weighted by Gasteiger charge is 2.21. The number of nitrogens with zero attached hydrogens (tertiary/aromatic N) is 2. The second-order valence-corrected chi connectivity index (χ2v) is 6.69. The van der Waals surface area contributed by atoms with Crippen molar-refractivity contribution in [2.24, 2.45) is 0 Å². The van der Waals surface area contributed by atoms with E-state index in [2.05, 4.69) is 22.4 Å². The van der Waals surface area contributed by atoms with Crippen LogP contribution in [0, 0.1) is 0 Å². The van der Waals surface area contributed by atoms with Crippen molar-refractivity contribution < 1.29 is 4.79 Å². The van der Waals surface area contributed by atoms with Crippen LogP contribution in [0.4, 0.5) is 5.69 Å². The van der Waals surface area contributed by atoms with Crippen molar-refractivity contribution in [3.8, 4) is 0 Å². The van der Waals surface area contributed by atoms with E-state index in [-0.39, 0.29) is 5.91 Å². The third kappa shape index (κ3) is 3.87. The molecule has 0 saturated carbocycles. The molecule has 1 amide bonds. The topological polar surface area (TPSA) is 49.6 Å². The highest BCUT2D eigenvalue weighted by Crippen LogP contribution is 2.14. The normalized spacial score (nSPS) is 15.9. The molecule has 1 aliphatic rings. The van der Waals surface area contributed by atoms with Crippen LogP contribution in [0.3, 0.4) is 0 Å². The maximum absolute atomic E-state index is 12.4. The third-order valence-corrected chi connectivity index (χ3v) is 4.85. The Bertz CT molecular complexity index is 619. The SMILES string of the molecule is Nc1cccc(CC(=O)N2CCN(Cc3cccs3)CC2)c1. The van der Waals surface area contributed by atoms with Gasteiger partial charge in [-0.2, -0.15) is 0 Å². The molecule has 1 saturated heterocycles. The largest absolute Gasteiger partial charge is 0.399 e. The minimum absolute atomic E-state index is 0.196. The predicted octanol–water partition coefficient (Wildman–Crippen LogP) is 2.22. The number of amides is 1. The van der Waals surface area contributed by atoms with Crippen molar-refractivity contribution in [1.82, 2.24) is 9.80 Å². The summed E-state index contributed by atoms with van der Waals surface area (Å²) in [7, 11) is 0. The van der Waals surface area contributed by atoms with E-state index in [1.807, 2.05) is 29.2 Å². The van der Waals surface area contributed by atoms with Gasteiger partial charge < -0.3 is 10.6 Å². The van der Waals surface area contributed by atoms with Gasteiger partial charge in [-0.1, -0.05) is 18.2 Å². The highest BCUT2D eigenvalue weighted by molar-refractivity contribution is 7.09. The lowest BCUT2D eigenvalue weighted by atomic mass is 10.1. The average molecular weight is 315 g/mol. The number of carbonyl (C=O) groups excluding carboxylic acids is 1. The van der Waals surface area contributed by atoms with Gasteiger partial charge in [0.05, 0.1) is 6.42 Å². The second-order valence-electron chi connectivity index (χ2n) is 5.66. The first-order valence-corrected chi connectivity index (χ1v) is 8.45. The second kappa shape index (κ2) is 6.94. The fourth-order valence-corrected chi connectivity index (χ4v) is 3.51. The molecule has 1 aromatic heterocycles. The summed E-state index contributed by atoms with van der Waals surface area (Å²) in [6.45, 7) is 4.51. The van der Waals surface area contributed by atoms with E-state index in [1.54, 1.807) is 11.3 Å². The Morgan fingerprint density at radius 2 is 1.95 bits per heavy atom. The third-order valence-electron chi connectivity index (χ3n) is 3.99. The van der Waals surface area contributed by atoms with E-state index in [0.717, 1.165) is 38.3 Å². The fraction of sp³-hybridized carbons (Fsp3) is 0.353. The molecule has 22 heavy (non-hydrogen) atoms. The zero-order valence-electron chi connectivity index (χ0n) is 12.6. The average Bonchev–Trinajstić information content (AvgIpc) is 3.01. The first kappa shape index (κ1) is 15.1. The number of rotatable bonds is 4. The number of nitrogens with two attached hydrogens (primary N) is 1. The van der Waals surface area contributed by atoms with Crippen molar-refractivity contribution in [3.05, 3.63) is 52.2 Å². The number of carbonyl (C=O) groups is 1. The van der Waals surface area contributed by atoms with Crippen LogP contribution >= 0.6 is 11.3 Å². The Hall–Kier alpha value is -1.85. The Labute approximate surface area is 135 Å². The lowest BCUT2D eigenvalue weighted by molar-refractivity contribution is -0.132. The molecule has 0 spiro atoms. The molecule has 2 heterocycles. The number of nitrogen functional groups attached to an aromatic ring is 1. The number of anilines is 1. The maximum atomic E-state index is 12.4. The molecule has 0 radical (unpaired) electrons. The van der Waals surface area contributed by atoms with Crippen LogP contribution in [0.25, 0.3) is 0 Å². The van der Waals surface area contributed by atoms with Crippen molar-refractivity contribution in [3.63, 3.8) is 0 Å². The minimum atomic E-state index is 0.196. The van der Waals surface area contributed by atoms with Crippen LogP contribution in [0.15, 0.2) is 41.8 Å². The van der Waals surface area contributed by atoms with Gasteiger partial charge in [0.1, 0.15) is 0 Å². The van der Waals surface area contributed by atoms with Crippen molar-refractivity contribution in [1.29, 1.82) is 0 Å². The summed E-state index contributed by atoms with van der Waals surface area (Å²) in [5.41, 5.74) is 7.47. The van der Waals surface area contributed by atoms with Crippen LogP contribution in [-0.4, -0.2) is 41.9 Å². The van der Waals surface area contributed by atoms with Gasteiger partial charge in [-0.15, -0.1) is 11.3 Å². The molecule has 0 unspecified atom stereocenters. The molecular weight excluding hydrogens is 294 g/mol. The molecule has 3 rings (SSSR count). The molecule has 1 fully saturated rings. The van der Waals surface area contributed by atoms with Crippen molar-refractivity contribution >= 4 is 22.9 Å². The van der Waals surface area contributed by atoms with Crippen molar-refractivity contribution in [2.75, 3.05) is 31.9 Å². The summed E-state index contributed by atoms with van der Waals surface area (Å²) in [6.07, 6.45) is 0.440. The van der Waals surface area contributed by atoms with E-state index in [4.69, 9.17) is 5.73 Å². The summed E-state index contributed by atoms with van der Waals surface area (Å²) in [6, 6.07) is 11.8. The van der Waals surface area contributed by atoms with Gasteiger partial charge in [-0.3, -0.25) is 9.69 Å². The monoisotopic (exact) mass is 315 g/mol. The molecule has 0 atom stereocenters. The number of hydrogen-bond donors (Lipinski definition) is 1. The Balaban J connectivity index is 1.49. The van der Waals surface area contributed by atoms with E-state index < -0.39 is 0 Å². The molecule has 0 bridgehead atoms. The molecule has 116 valence electrons. The number of piperazine rings is 1. The Morgan fingerprint density at radius 3 is 2.64 bits per heavy atom. The van der Waals surface area contributed by atoms with Crippen LogP contribution in [0.1, 0.15) is 10.4 Å². The summed E-state index contributed by atoms with van der Waals surface area (Å²) < 4.78 is 0. The lowest BCUT2D eigenvalue weighted by Gasteiger charge is -2.34. The summed E-state index contributed by atoms with van der Waals surface area (Å²) in [4.78, 5) is 18.1. The zero-order valence-corrected chi connectivity index (χ0v) is 13.4. The van der Waals surface area contributed by atoms with E-state index in [0.29, 0.717) is 12.1 Å². The van der Waals surface area contributed by atoms with Crippen LogP contribution in [0.5, 0.6) is 0 Å². The van der Waals surface area contributed by atoms with E-state index >= 15 is 0 Å². The molecule has 1 aromatic carbocycles. The first-order valence-electron chi connectivity index (χ1n) is 7.57. The summed E-state index contributed by atoms with van der Waals surface area (Å²) >= 11 is 1.79. The van der Waals surface area contributed by atoms with Crippen molar-refractivity contribution in [2.45, 2.75) is 13.0 Å². The van der Waals surface area contributed by atoms with Gasteiger partial charge in [0.15, 0.2) is 0 Å². The van der Waals surface area contributed by atoms with Crippen LogP contribution in [0.2, 0.25) is 0 Å². The smallest absolute Gasteiger partial charge is 0.227 e. The quantitative estimate of drug-likeness (QED) is 0.880. The fourth-order valence-electron chi connectivity index (χ4n) is 2.77. The maximum Gasteiger partial charge on any atom is 0.227 e. The summed E-state index contributed by atoms with van der Waals surface area (Å²) in [5, 5.41) is 2.11. The molecule has 1 aliphatic heterocycles. The number of thiophene rings is 1. The Kier molecular flexibility index (Phi) is 4.75. The molecule has 5 heteroatoms. The minimum Gasteiger partial charge on any atom is -0.399 e. The molecular formula is C17H21N3OS. The van der Waals surface area contributed by atoms with Gasteiger partial charge in [-0.05, 0) is 29.1 Å². The molecule has 4 nitrogen and oxygen atoms in total. The van der Waals surface area contributed by atoms with Crippen LogP contribution in [-0.2, 0) is 17.8 Å². The predicted molar refractivity (Wildman–Crippen MR) is 90.7 cm³/mol. The summed E-state index contributed by atoms with van der Waals surface area (Å²) in [5.74, 6) is 0.196. The highest BCUT2D eigenvalue weighted by atomic mass is 32.1. The number of benzene rings is 1. The van der Waals surface area contributed by atoms with Gasteiger partial charge in [-0.25, -0.2) is 0 Å². The van der Waals surface area contributed by atoms with Gasteiger partial charge in [0, 0.05) is 43.3 Å². The molecule has 2 N–H and O–H groups in total. The van der Waals surface area contributed by atoms with E-state index in [1.165, 1.54) is 4.88 Å². The van der Waals surface area contributed by atoms with E-state index in [9.17, 15) is 4.79 Å².